The van der Waals surface area contributed by atoms with Crippen LogP contribution in [0.2, 0.25) is 0 Å². The van der Waals surface area contributed by atoms with Crippen LogP contribution in [-0.2, 0) is 6.42 Å². The third-order valence-corrected chi connectivity index (χ3v) is 7.12. The molecule has 1 N–H and O–H groups in total. The number of aromatic nitrogens is 2. The molecule has 2 heterocycles. The summed E-state index contributed by atoms with van der Waals surface area (Å²) in [5.74, 6) is -0.359. The zero-order chi connectivity index (χ0) is 26.0. The molecular weight excluding hydrogens is 475 g/mol. The van der Waals surface area contributed by atoms with Crippen molar-refractivity contribution >= 4 is 11.6 Å². The lowest BCUT2D eigenvalue weighted by molar-refractivity contribution is -0.173. The first-order valence-corrected chi connectivity index (χ1v) is 12.5. The van der Waals surface area contributed by atoms with Crippen molar-refractivity contribution in [1.29, 1.82) is 0 Å². The third-order valence-electron chi connectivity index (χ3n) is 7.12. The number of nitrogens with one attached hydrogen (secondary N) is 1. The number of anilines is 1. The van der Waals surface area contributed by atoms with Crippen LogP contribution in [0.15, 0.2) is 91.1 Å². The van der Waals surface area contributed by atoms with Gasteiger partial charge in [0.25, 0.3) is 0 Å². The van der Waals surface area contributed by atoms with Crippen LogP contribution < -0.4 is 5.32 Å². The van der Waals surface area contributed by atoms with Gasteiger partial charge in [0.1, 0.15) is 5.82 Å². The standard InChI is InChI=1S/C30H28F3N3O/c1-2-20-13-15-23(16-14-20)26-18-28(30(31,32)33)36-29(35-26)25(19-34-36)27(37)17-24(21-9-5-3-6-10-21)22-11-7-4-8-12-22/h3-16,19,24,26,28,35H,2,17-18H2,1H3. The first kappa shape index (κ1) is 24.8. The number of rotatable bonds is 7. The van der Waals surface area contributed by atoms with Crippen molar-refractivity contribution in [2.45, 2.75) is 50.4 Å². The van der Waals surface area contributed by atoms with Gasteiger partial charge in [0.2, 0.25) is 0 Å². The van der Waals surface area contributed by atoms with Gasteiger partial charge in [-0.05, 0) is 28.7 Å². The molecule has 1 aliphatic rings. The molecule has 4 nitrogen and oxygen atoms in total. The summed E-state index contributed by atoms with van der Waals surface area (Å²) < 4.78 is 43.3. The molecule has 190 valence electrons. The summed E-state index contributed by atoms with van der Waals surface area (Å²) in [6.07, 6.45) is -2.46. The monoisotopic (exact) mass is 503 g/mol. The fourth-order valence-corrected chi connectivity index (χ4v) is 5.07. The number of benzene rings is 3. The normalized spacial score (nSPS) is 17.3. The SMILES string of the molecule is CCc1ccc(C2CC(C(F)(F)F)n3ncc(C(=O)CC(c4ccccc4)c4ccccc4)c3N2)cc1. The maximum atomic E-state index is 14.1. The predicted octanol–water partition coefficient (Wildman–Crippen LogP) is 7.51. The molecule has 1 aliphatic heterocycles. The number of aryl methyl sites for hydroxylation is 1. The molecule has 4 aromatic rings. The van der Waals surface area contributed by atoms with E-state index in [4.69, 9.17) is 0 Å². The van der Waals surface area contributed by atoms with Gasteiger partial charge in [-0.1, -0.05) is 91.9 Å². The molecule has 37 heavy (non-hydrogen) atoms. The Bertz CT molecular complexity index is 1310. The zero-order valence-electron chi connectivity index (χ0n) is 20.5. The van der Waals surface area contributed by atoms with Gasteiger partial charge in [-0.3, -0.25) is 4.79 Å². The van der Waals surface area contributed by atoms with Crippen molar-refractivity contribution in [3.8, 4) is 0 Å². The molecule has 0 bridgehead atoms. The van der Waals surface area contributed by atoms with Gasteiger partial charge in [0, 0.05) is 18.8 Å². The smallest absolute Gasteiger partial charge is 0.363 e. The highest BCUT2D eigenvalue weighted by molar-refractivity contribution is 6.01. The number of alkyl halides is 3. The second-order valence-corrected chi connectivity index (χ2v) is 9.44. The molecule has 0 saturated carbocycles. The van der Waals surface area contributed by atoms with E-state index >= 15 is 0 Å². The van der Waals surface area contributed by atoms with Crippen molar-refractivity contribution in [1.82, 2.24) is 9.78 Å². The minimum absolute atomic E-state index is 0.112. The van der Waals surface area contributed by atoms with Crippen LogP contribution in [0.4, 0.5) is 19.0 Å². The van der Waals surface area contributed by atoms with Crippen LogP contribution >= 0.6 is 0 Å². The van der Waals surface area contributed by atoms with Crippen LogP contribution in [0.5, 0.6) is 0 Å². The van der Waals surface area contributed by atoms with Crippen LogP contribution in [0, 0.1) is 0 Å². The van der Waals surface area contributed by atoms with Crippen molar-refractivity contribution < 1.29 is 18.0 Å². The van der Waals surface area contributed by atoms with E-state index in [2.05, 4.69) is 10.4 Å². The minimum Gasteiger partial charge on any atom is -0.363 e. The van der Waals surface area contributed by atoms with Gasteiger partial charge in [0.05, 0.1) is 17.8 Å². The van der Waals surface area contributed by atoms with Gasteiger partial charge >= 0.3 is 6.18 Å². The Hall–Kier alpha value is -3.87. The predicted molar refractivity (Wildman–Crippen MR) is 138 cm³/mol. The third kappa shape index (κ3) is 5.17. The molecule has 2 atom stereocenters. The molecule has 0 radical (unpaired) electrons. The molecule has 0 aliphatic carbocycles. The van der Waals surface area contributed by atoms with Gasteiger partial charge < -0.3 is 5.32 Å². The number of ketones is 1. The average molecular weight is 504 g/mol. The molecule has 1 aromatic heterocycles. The first-order chi connectivity index (χ1) is 17.8. The molecule has 2 unspecified atom stereocenters. The fourth-order valence-electron chi connectivity index (χ4n) is 5.07. The Morgan fingerprint density at radius 3 is 2.11 bits per heavy atom. The maximum Gasteiger partial charge on any atom is 0.410 e. The van der Waals surface area contributed by atoms with Gasteiger partial charge in [0.15, 0.2) is 11.8 Å². The summed E-state index contributed by atoms with van der Waals surface area (Å²) >= 11 is 0. The maximum absolute atomic E-state index is 14.1. The van der Waals surface area contributed by atoms with Crippen molar-refractivity contribution in [3.63, 3.8) is 0 Å². The van der Waals surface area contributed by atoms with Gasteiger partial charge in [-0.2, -0.15) is 18.3 Å². The minimum atomic E-state index is -4.50. The number of halogens is 3. The average Bonchev–Trinajstić information content (AvgIpc) is 3.35. The lowest BCUT2D eigenvalue weighted by atomic mass is 9.86. The summed E-state index contributed by atoms with van der Waals surface area (Å²) in [7, 11) is 0. The van der Waals surface area contributed by atoms with Crippen LogP contribution in [0.25, 0.3) is 0 Å². The summed E-state index contributed by atoms with van der Waals surface area (Å²) in [4.78, 5) is 13.6. The number of Topliss-reactive ketones (excluding diaryl/α,β-unsaturated/α-hetero) is 1. The van der Waals surface area contributed by atoms with E-state index in [1.54, 1.807) is 0 Å². The quantitative estimate of drug-likeness (QED) is 0.266. The zero-order valence-corrected chi connectivity index (χ0v) is 20.5. The lowest BCUT2D eigenvalue weighted by Gasteiger charge is -2.34. The van der Waals surface area contributed by atoms with E-state index in [1.807, 2.05) is 91.9 Å². The molecule has 7 heteroatoms. The summed E-state index contributed by atoms with van der Waals surface area (Å²) in [6, 6.07) is 24.5. The number of carbonyl (C=O) groups is 1. The molecule has 0 amide bonds. The fraction of sp³-hybridized carbons (Fsp3) is 0.267. The van der Waals surface area contributed by atoms with E-state index in [-0.39, 0.29) is 35.9 Å². The highest BCUT2D eigenvalue weighted by Crippen LogP contribution is 2.45. The second-order valence-electron chi connectivity index (χ2n) is 9.44. The van der Waals surface area contributed by atoms with Crippen molar-refractivity contribution in [3.05, 3.63) is 119 Å². The highest BCUT2D eigenvalue weighted by Gasteiger charge is 2.47. The molecule has 3 aromatic carbocycles. The Morgan fingerprint density at radius 1 is 0.973 bits per heavy atom. The van der Waals surface area contributed by atoms with E-state index < -0.39 is 18.3 Å². The topological polar surface area (TPSA) is 46.9 Å². The molecule has 0 spiro atoms. The van der Waals surface area contributed by atoms with Crippen LogP contribution in [0.3, 0.4) is 0 Å². The Balaban J connectivity index is 1.49. The number of hydrogen-bond acceptors (Lipinski definition) is 3. The van der Waals surface area contributed by atoms with Crippen LogP contribution in [-0.4, -0.2) is 21.7 Å². The van der Waals surface area contributed by atoms with E-state index in [9.17, 15) is 18.0 Å². The Morgan fingerprint density at radius 2 is 1.57 bits per heavy atom. The van der Waals surface area contributed by atoms with Crippen molar-refractivity contribution in [2.75, 3.05) is 5.32 Å². The van der Waals surface area contributed by atoms with Crippen LogP contribution in [0.1, 0.15) is 70.4 Å². The van der Waals surface area contributed by atoms with E-state index in [0.717, 1.165) is 33.4 Å². The van der Waals surface area contributed by atoms with E-state index in [1.165, 1.54) is 6.20 Å². The Kier molecular flexibility index (Phi) is 6.87. The molecule has 0 saturated heterocycles. The number of nitrogens with zero attached hydrogens (tertiary/aromatic N) is 2. The lowest BCUT2D eigenvalue weighted by Crippen LogP contribution is -2.36. The first-order valence-electron chi connectivity index (χ1n) is 12.5. The molecule has 5 rings (SSSR count). The largest absolute Gasteiger partial charge is 0.410 e. The summed E-state index contributed by atoms with van der Waals surface area (Å²) in [5.41, 5.74) is 3.99. The summed E-state index contributed by atoms with van der Waals surface area (Å²) in [6.45, 7) is 2.03. The van der Waals surface area contributed by atoms with Crippen molar-refractivity contribution in [2.24, 2.45) is 0 Å². The highest BCUT2D eigenvalue weighted by atomic mass is 19.4. The molecule has 0 fully saturated rings. The second kappa shape index (κ2) is 10.2. The number of fused-ring (bicyclic) bond motifs is 1. The van der Waals surface area contributed by atoms with E-state index in [0.29, 0.717) is 0 Å². The summed E-state index contributed by atoms with van der Waals surface area (Å²) in [5, 5.41) is 7.26. The Labute approximate surface area is 214 Å². The van der Waals surface area contributed by atoms with Gasteiger partial charge in [-0.15, -0.1) is 0 Å². The molecular formula is C30H28F3N3O. The van der Waals surface area contributed by atoms with Gasteiger partial charge in [-0.25, -0.2) is 4.68 Å². The number of hydrogen-bond donors (Lipinski definition) is 1. The number of carbonyl (C=O) groups excluding carboxylic acids is 1.